The van der Waals surface area contributed by atoms with Crippen LogP contribution in [0.5, 0.6) is 0 Å². The Morgan fingerprint density at radius 3 is 2.08 bits per heavy atom. The number of hydrazine groups is 1. The minimum Gasteiger partial charge on any atom is -0.386 e. The molecule has 196 valence electrons. The molecule has 6 heteroatoms. The van der Waals surface area contributed by atoms with Crippen molar-refractivity contribution in [2.24, 2.45) is 5.92 Å². The van der Waals surface area contributed by atoms with Crippen molar-refractivity contribution in [2.75, 3.05) is 10.3 Å². The molecule has 2 aliphatic heterocycles. The third-order valence-corrected chi connectivity index (χ3v) is 7.66. The first-order valence-corrected chi connectivity index (χ1v) is 13.2. The minimum atomic E-state index is -0.913. The number of aliphatic hydroxyl groups excluding tert-OH is 1. The molecule has 0 bridgehead atoms. The molecule has 1 fully saturated rings. The summed E-state index contributed by atoms with van der Waals surface area (Å²) in [6.45, 7) is 10.3. The van der Waals surface area contributed by atoms with Gasteiger partial charge in [0.15, 0.2) is 0 Å². The van der Waals surface area contributed by atoms with Gasteiger partial charge in [-0.3, -0.25) is 9.59 Å². The zero-order chi connectivity index (χ0) is 27.1. The van der Waals surface area contributed by atoms with Gasteiger partial charge in [-0.15, -0.1) is 0 Å². The van der Waals surface area contributed by atoms with Crippen molar-refractivity contribution in [3.8, 4) is 0 Å². The fourth-order valence-electron chi connectivity index (χ4n) is 5.82. The topological polar surface area (TPSA) is 72.9 Å². The van der Waals surface area contributed by atoms with Crippen molar-refractivity contribution in [3.63, 3.8) is 0 Å². The number of anilines is 2. The van der Waals surface area contributed by atoms with E-state index in [1.165, 1.54) is 10.5 Å². The predicted molar refractivity (Wildman–Crippen MR) is 151 cm³/mol. The smallest absolute Gasteiger partial charge is 0.254 e. The first-order valence-electron chi connectivity index (χ1n) is 13.2. The quantitative estimate of drug-likeness (QED) is 0.335. The van der Waals surface area contributed by atoms with Gasteiger partial charge in [0.1, 0.15) is 12.1 Å². The standard InChI is InChI=1S/C32H35N3O3/c1-19(2)23-11-13-24(14-12-23)33-35-27(30(36)28-21(4)17-20(3)18-22(28)5)16-15-26-29(35)32(38)34(31(26)37)25-9-7-6-8-10-25/h6-19,26-27,29-30,33,36H,1-5H3. The Hall–Kier alpha value is -3.74. The number of rotatable bonds is 6. The second kappa shape index (κ2) is 10.2. The first kappa shape index (κ1) is 25.9. The Labute approximate surface area is 224 Å². The van der Waals surface area contributed by atoms with E-state index in [4.69, 9.17) is 0 Å². The molecule has 3 aromatic carbocycles. The van der Waals surface area contributed by atoms with Crippen LogP contribution in [0.4, 0.5) is 11.4 Å². The van der Waals surface area contributed by atoms with Gasteiger partial charge < -0.3 is 10.5 Å². The Balaban J connectivity index is 1.56. The number of imide groups is 1. The lowest BCUT2D eigenvalue weighted by Gasteiger charge is -2.41. The third kappa shape index (κ3) is 4.55. The van der Waals surface area contributed by atoms with E-state index in [-0.39, 0.29) is 11.8 Å². The fraction of sp³-hybridized carbons (Fsp3) is 0.312. The number of amides is 2. The number of para-hydroxylation sites is 1. The van der Waals surface area contributed by atoms with Gasteiger partial charge in [0, 0.05) is 5.69 Å². The summed E-state index contributed by atoms with van der Waals surface area (Å²) in [5.41, 5.74) is 9.91. The molecule has 1 saturated heterocycles. The average Bonchev–Trinajstić information content (AvgIpc) is 3.14. The molecule has 0 aliphatic carbocycles. The number of hydrogen-bond acceptors (Lipinski definition) is 5. The Kier molecular flexibility index (Phi) is 6.95. The molecule has 2 heterocycles. The fourth-order valence-corrected chi connectivity index (χ4v) is 5.82. The number of carbonyl (C=O) groups excluding carboxylic acids is 2. The number of hydrogen-bond donors (Lipinski definition) is 2. The number of nitrogens with zero attached hydrogens (tertiary/aromatic N) is 2. The van der Waals surface area contributed by atoms with E-state index in [1.807, 2.05) is 57.2 Å². The third-order valence-electron chi connectivity index (χ3n) is 7.66. The van der Waals surface area contributed by atoms with Gasteiger partial charge >= 0.3 is 0 Å². The summed E-state index contributed by atoms with van der Waals surface area (Å²) in [6.07, 6.45) is 2.74. The molecule has 38 heavy (non-hydrogen) atoms. The molecule has 3 aromatic rings. The number of aliphatic hydroxyl groups is 1. The maximum absolute atomic E-state index is 13.9. The number of aryl methyl sites for hydroxylation is 3. The summed E-state index contributed by atoms with van der Waals surface area (Å²) in [7, 11) is 0. The van der Waals surface area contributed by atoms with Gasteiger partial charge in [-0.2, -0.15) is 0 Å². The van der Waals surface area contributed by atoms with Gasteiger partial charge in [-0.25, -0.2) is 9.91 Å². The molecular weight excluding hydrogens is 474 g/mol. The van der Waals surface area contributed by atoms with Crippen LogP contribution in [0, 0.1) is 26.7 Å². The molecule has 0 aromatic heterocycles. The molecule has 0 saturated carbocycles. The molecule has 0 spiro atoms. The lowest BCUT2D eigenvalue weighted by Crippen LogP contribution is -2.55. The van der Waals surface area contributed by atoms with Crippen LogP contribution >= 0.6 is 0 Å². The van der Waals surface area contributed by atoms with Gasteiger partial charge in [0.25, 0.3) is 5.91 Å². The molecule has 4 unspecified atom stereocenters. The van der Waals surface area contributed by atoms with Gasteiger partial charge in [0.2, 0.25) is 5.91 Å². The van der Waals surface area contributed by atoms with Gasteiger partial charge in [0.05, 0.1) is 17.6 Å². The molecule has 0 radical (unpaired) electrons. The molecule has 4 atom stereocenters. The van der Waals surface area contributed by atoms with Gasteiger partial charge in [-0.05, 0) is 73.2 Å². The van der Waals surface area contributed by atoms with Crippen LogP contribution in [-0.4, -0.2) is 34.0 Å². The van der Waals surface area contributed by atoms with E-state index in [2.05, 4.69) is 43.5 Å². The van der Waals surface area contributed by atoms with Crippen molar-refractivity contribution in [2.45, 2.75) is 58.7 Å². The lowest BCUT2D eigenvalue weighted by atomic mass is 9.87. The monoisotopic (exact) mass is 509 g/mol. The summed E-state index contributed by atoms with van der Waals surface area (Å²) in [4.78, 5) is 28.7. The number of nitrogens with one attached hydrogen (secondary N) is 1. The highest BCUT2D eigenvalue weighted by Crippen LogP contribution is 2.39. The SMILES string of the molecule is Cc1cc(C)c(C(O)C2C=CC3C(=O)N(c4ccccc4)C(=O)C3N2Nc2ccc(C(C)C)cc2)c(C)c1. The van der Waals surface area contributed by atoms with Crippen LogP contribution in [0.2, 0.25) is 0 Å². The maximum atomic E-state index is 13.9. The molecule has 5 rings (SSSR count). The number of benzene rings is 3. The van der Waals surface area contributed by atoms with Crippen LogP contribution in [0.25, 0.3) is 0 Å². The zero-order valence-corrected chi connectivity index (χ0v) is 22.6. The van der Waals surface area contributed by atoms with Crippen LogP contribution in [0.1, 0.15) is 53.7 Å². The summed E-state index contributed by atoms with van der Waals surface area (Å²) >= 11 is 0. The number of carbonyl (C=O) groups is 2. The Morgan fingerprint density at radius 1 is 0.842 bits per heavy atom. The van der Waals surface area contributed by atoms with Crippen LogP contribution in [0.3, 0.4) is 0 Å². The van der Waals surface area contributed by atoms with Crippen molar-refractivity contribution < 1.29 is 14.7 Å². The van der Waals surface area contributed by atoms with Gasteiger partial charge in [-0.1, -0.05) is 74.0 Å². The number of fused-ring (bicyclic) bond motifs is 1. The van der Waals surface area contributed by atoms with E-state index in [9.17, 15) is 14.7 Å². The summed E-state index contributed by atoms with van der Waals surface area (Å²) < 4.78 is 0. The second-order valence-corrected chi connectivity index (χ2v) is 10.7. The second-order valence-electron chi connectivity index (χ2n) is 10.7. The highest BCUT2D eigenvalue weighted by molar-refractivity contribution is 6.24. The Morgan fingerprint density at radius 2 is 1.47 bits per heavy atom. The zero-order valence-electron chi connectivity index (χ0n) is 22.6. The van der Waals surface area contributed by atoms with Crippen LogP contribution in [-0.2, 0) is 9.59 Å². The van der Waals surface area contributed by atoms with E-state index in [1.54, 1.807) is 23.2 Å². The normalized spacial score (nSPS) is 22.2. The highest BCUT2D eigenvalue weighted by atomic mass is 16.3. The minimum absolute atomic E-state index is 0.264. The average molecular weight is 510 g/mol. The maximum Gasteiger partial charge on any atom is 0.254 e. The van der Waals surface area contributed by atoms with Crippen molar-refractivity contribution in [3.05, 3.63) is 107 Å². The molecule has 2 N–H and O–H groups in total. The lowest BCUT2D eigenvalue weighted by molar-refractivity contribution is -0.123. The summed E-state index contributed by atoms with van der Waals surface area (Å²) in [5.74, 6) is -0.841. The summed E-state index contributed by atoms with van der Waals surface area (Å²) in [6, 6.07) is 19.8. The van der Waals surface area contributed by atoms with Crippen molar-refractivity contribution in [1.29, 1.82) is 0 Å². The molecule has 6 nitrogen and oxygen atoms in total. The Bertz CT molecular complexity index is 1360. The highest BCUT2D eigenvalue weighted by Gasteiger charge is 2.54. The predicted octanol–water partition coefficient (Wildman–Crippen LogP) is 5.59. The molecule has 2 amide bonds. The van der Waals surface area contributed by atoms with E-state index >= 15 is 0 Å². The van der Waals surface area contributed by atoms with Crippen LogP contribution in [0.15, 0.2) is 78.9 Å². The first-order chi connectivity index (χ1) is 18.2. The molecule has 2 aliphatic rings. The molecular formula is C32H35N3O3. The van der Waals surface area contributed by atoms with E-state index in [0.29, 0.717) is 11.6 Å². The summed E-state index contributed by atoms with van der Waals surface area (Å²) in [5, 5.41) is 13.6. The van der Waals surface area contributed by atoms with Crippen molar-refractivity contribution in [1.82, 2.24) is 5.01 Å². The van der Waals surface area contributed by atoms with E-state index in [0.717, 1.165) is 27.9 Å². The van der Waals surface area contributed by atoms with Crippen LogP contribution < -0.4 is 10.3 Å². The largest absolute Gasteiger partial charge is 0.386 e. The van der Waals surface area contributed by atoms with Crippen molar-refractivity contribution >= 4 is 23.2 Å². The van der Waals surface area contributed by atoms with E-state index < -0.39 is 24.1 Å².